The van der Waals surface area contributed by atoms with E-state index in [0.717, 1.165) is 51.6 Å². The fourth-order valence-corrected chi connectivity index (χ4v) is 7.32. The van der Waals surface area contributed by atoms with E-state index in [9.17, 15) is 22.0 Å². The molecule has 5 rings (SSSR count). The van der Waals surface area contributed by atoms with Gasteiger partial charge in [-0.25, -0.2) is 13.2 Å². The van der Waals surface area contributed by atoms with Crippen LogP contribution in [0.15, 0.2) is 48.8 Å². The predicted octanol–water partition coefficient (Wildman–Crippen LogP) is 7.20. The van der Waals surface area contributed by atoms with Gasteiger partial charge < -0.3 is 23.7 Å². The summed E-state index contributed by atoms with van der Waals surface area (Å²) >= 11 is 12.9. The lowest BCUT2D eigenvalue weighted by molar-refractivity contribution is -0.0515. The average molecular weight is 787 g/mol. The van der Waals surface area contributed by atoms with Gasteiger partial charge in [0.2, 0.25) is 10.0 Å². The van der Waals surface area contributed by atoms with Gasteiger partial charge in [-0.3, -0.25) is 14.2 Å². The molecule has 1 atom stereocenters. The Kier molecular flexibility index (Phi) is 14.2. The molecule has 2 heterocycles. The number of pyridine rings is 1. The van der Waals surface area contributed by atoms with Crippen LogP contribution in [0.5, 0.6) is 17.2 Å². The van der Waals surface area contributed by atoms with Gasteiger partial charge in [0.15, 0.2) is 11.5 Å². The molecule has 0 amide bonds. The monoisotopic (exact) mass is 785 g/mol. The molecule has 52 heavy (non-hydrogen) atoms. The van der Waals surface area contributed by atoms with E-state index in [-0.39, 0.29) is 51.5 Å². The van der Waals surface area contributed by atoms with Crippen LogP contribution in [-0.2, 0) is 25.9 Å². The van der Waals surface area contributed by atoms with E-state index in [0.29, 0.717) is 43.3 Å². The molecule has 2 aromatic carbocycles. The highest BCUT2D eigenvalue weighted by Crippen LogP contribution is 2.39. The van der Waals surface area contributed by atoms with E-state index in [2.05, 4.69) is 9.88 Å². The fourth-order valence-electron chi connectivity index (χ4n) is 5.84. The highest BCUT2D eigenvalue weighted by Gasteiger charge is 2.28. The zero-order chi connectivity index (χ0) is 37.3. The predicted molar refractivity (Wildman–Crippen MR) is 194 cm³/mol. The molecule has 11 nitrogen and oxygen atoms in total. The number of methoxy groups -OCH3 is 1. The summed E-state index contributed by atoms with van der Waals surface area (Å²) in [6.45, 7) is 1.50. The molecule has 284 valence electrons. The number of aromatic nitrogens is 1. The van der Waals surface area contributed by atoms with Crippen LogP contribution in [-0.4, -0.2) is 90.2 Å². The second-order valence-corrected chi connectivity index (χ2v) is 15.5. The van der Waals surface area contributed by atoms with Crippen molar-refractivity contribution in [1.82, 2.24) is 9.88 Å². The standard InChI is InChI=1S/C36H43Cl2F2N3O8S/c1-47-31-10-9-26(18-30(31)43(52(2,45)46)13-5-3-4-12-42-14-16-48-17-15-42)35(44)50-33(20-27-28(37)21-41-22-29(27)38)25-8-11-32(51-36(39)40)34(19-25)49-23-24-6-7-24/h8-11,18-19,21-22,24,33,36H,3-7,12-17,20,23H2,1-2H3. The third-order valence-electron chi connectivity index (χ3n) is 8.84. The topological polar surface area (TPSA) is 117 Å². The molecular formula is C36H43Cl2F2N3O8S. The van der Waals surface area contributed by atoms with Crippen molar-refractivity contribution in [2.45, 2.75) is 51.2 Å². The van der Waals surface area contributed by atoms with Gasteiger partial charge >= 0.3 is 12.6 Å². The lowest BCUT2D eigenvalue weighted by Crippen LogP contribution is -2.37. The Labute approximate surface area is 313 Å². The number of nitrogens with zero attached hydrogens (tertiary/aromatic N) is 3. The van der Waals surface area contributed by atoms with E-state index in [1.54, 1.807) is 0 Å². The summed E-state index contributed by atoms with van der Waals surface area (Å²) in [5.41, 5.74) is 1.08. The van der Waals surface area contributed by atoms with Crippen LogP contribution in [0.25, 0.3) is 0 Å². The summed E-state index contributed by atoms with van der Waals surface area (Å²) in [5, 5.41) is 0.466. The second kappa shape index (κ2) is 18.6. The molecule has 1 unspecified atom stereocenters. The van der Waals surface area contributed by atoms with Crippen LogP contribution in [0.4, 0.5) is 14.5 Å². The maximum absolute atomic E-state index is 13.9. The number of hydrogen-bond donors (Lipinski definition) is 0. The summed E-state index contributed by atoms with van der Waals surface area (Å²) in [6.07, 6.45) is 7.09. The van der Waals surface area contributed by atoms with Gasteiger partial charge in [-0.2, -0.15) is 8.78 Å². The number of ether oxygens (including phenoxy) is 5. The molecule has 2 aliphatic rings. The molecule has 1 aliphatic heterocycles. The van der Waals surface area contributed by atoms with Gasteiger partial charge in [0.1, 0.15) is 11.9 Å². The maximum atomic E-state index is 13.9. The number of halogens is 4. The molecule has 1 saturated carbocycles. The van der Waals surface area contributed by atoms with Gasteiger partial charge in [-0.15, -0.1) is 0 Å². The second-order valence-electron chi connectivity index (χ2n) is 12.8. The zero-order valence-electron chi connectivity index (χ0n) is 29.1. The molecule has 2 fully saturated rings. The number of esters is 1. The van der Waals surface area contributed by atoms with Gasteiger partial charge in [0.05, 0.1) is 54.5 Å². The summed E-state index contributed by atoms with van der Waals surface area (Å²) in [4.78, 5) is 20.2. The van der Waals surface area contributed by atoms with Crippen molar-refractivity contribution in [1.29, 1.82) is 0 Å². The first-order valence-corrected chi connectivity index (χ1v) is 19.7. The van der Waals surface area contributed by atoms with Crippen molar-refractivity contribution in [3.8, 4) is 17.2 Å². The van der Waals surface area contributed by atoms with Crippen LogP contribution < -0.4 is 18.5 Å². The minimum Gasteiger partial charge on any atom is -0.495 e. The number of carbonyl (C=O) groups excluding carboxylic acids is 1. The Bertz CT molecular complexity index is 1760. The summed E-state index contributed by atoms with van der Waals surface area (Å²) in [6, 6.07) is 8.71. The van der Waals surface area contributed by atoms with Crippen molar-refractivity contribution in [3.05, 3.63) is 75.5 Å². The average Bonchev–Trinajstić information content (AvgIpc) is 3.94. The lowest BCUT2D eigenvalue weighted by atomic mass is 10.0. The van der Waals surface area contributed by atoms with E-state index < -0.39 is 28.7 Å². The van der Waals surface area contributed by atoms with Crippen molar-refractivity contribution in [2.75, 3.05) is 63.7 Å². The van der Waals surface area contributed by atoms with Crippen molar-refractivity contribution >= 4 is 44.9 Å². The first-order valence-electron chi connectivity index (χ1n) is 17.1. The molecule has 0 spiro atoms. The molecule has 3 aromatic rings. The molecule has 1 aromatic heterocycles. The molecule has 1 aliphatic carbocycles. The van der Waals surface area contributed by atoms with Gasteiger partial charge in [-0.05, 0) is 79.6 Å². The van der Waals surface area contributed by atoms with E-state index in [4.69, 9.17) is 46.9 Å². The maximum Gasteiger partial charge on any atom is 0.387 e. The summed E-state index contributed by atoms with van der Waals surface area (Å²) < 4.78 is 81.5. The van der Waals surface area contributed by atoms with Crippen LogP contribution in [0.2, 0.25) is 10.0 Å². The highest BCUT2D eigenvalue weighted by atomic mass is 35.5. The Morgan fingerprint density at radius 1 is 1.02 bits per heavy atom. The smallest absolute Gasteiger partial charge is 0.387 e. The number of benzene rings is 2. The van der Waals surface area contributed by atoms with Crippen molar-refractivity contribution in [2.24, 2.45) is 5.92 Å². The van der Waals surface area contributed by atoms with Crippen LogP contribution >= 0.6 is 23.2 Å². The van der Waals surface area contributed by atoms with Gasteiger partial charge in [-0.1, -0.05) is 35.7 Å². The normalized spacial score (nSPS) is 15.7. The lowest BCUT2D eigenvalue weighted by Gasteiger charge is -2.27. The Morgan fingerprint density at radius 2 is 1.73 bits per heavy atom. The molecule has 0 N–H and O–H groups in total. The largest absolute Gasteiger partial charge is 0.495 e. The number of rotatable bonds is 19. The number of carbonyl (C=O) groups is 1. The molecule has 1 saturated heterocycles. The number of hydrogen-bond acceptors (Lipinski definition) is 10. The Balaban J connectivity index is 1.40. The minimum absolute atomic E-state index is 0.00796. The third kappa shape index (κ3) is 11.3. The molecular weight excluding hydrogens is 743 g/mol. The zero-order valence-corrected chi connectivity index (χ0v) is 31.4. The summed E-state index contributed by atoms with van der Waals surface area (Å²) in [7, 11) is -2.36. The first kappa shape index (κ1) is 39.8. The SMILES string of the molecule is COc1ccc(C(=O)OC(Cc2c(Cl)cncc2Cl)c2ccc(OC(F)F)c(OCC3CC3)c2)cc1N(CCCCCN1CCOCC1)S(C)(=O)=O. The Morgan fingerprint density at radius 3 is 2.38 bits per heavy atom. The first-order chi connectivity index (χ1) is 24.9. The molecule has 0 radical (unpaired) electrons. The minimum atomic E-state index is -3.78. The van der Waals surface area contributed by atoms with E-state index >= 15 is 0 Å². The van der Waals surface area contributed by atoms with Gasteiger partial charge in [0, 0.05) is 38.4 Å². The number of anilines is 1. The van der Waals surface area contributed by atoms with E-state index in [1.165, 1.54) is 60.2 Å². The molecule has 16 heteroatoms. The summed E-state index contributed by atoms with van der Waals surface area (Å²) in [5.74, 6) is -0.307. The third-order valence-corrected chi connectivity index (χ3v) is 10.7. The number of alkyl halides is 2. The van der Waals surface area contributed by atoms with E-state index in [1.807, 2.05) is 0 Å². The van der Waals surface area contributed by atoms with Crippen molar-refractivity contribution in [3.63, 3.8) is 0 Å². The number of sulfonamides is 1. The van der Waals surface area contributed by atoms with Crippen LogP contribution in [0.1, 0.15) is 59.7 Å². The quantitative estimate of drug-likeness (QED) is 0.0913. The van der Waals surface area contributed by atoms with Crippen molar-refractivity contribution < 1.29 is 45.7 Å². The number of morpholine rings is 1. The van der Waals surface area contributed by atoms with Crippen LogP contribution in [0, 0.1) is 5.92 Å². The van der Waals surface area contributed by atoms with Gasteiger partial charge in [0.25, 0.3) is 0 Å². The highest BCUT2D eigenvalue weighted by molar-refractivity contribution is 7.92. The fraction of sp³-hybridized carbons (Fsp3) is 0.500. The number of unbranched alkanes of at least 4 members (excludes halogenated alkanes) is 2. The van der Waals surface area contributed by atoms with Crippen LogP contribution in [0.3, 0.4) is 0 Å². The Hall–Kier alpha value is -3.43. The molecule has 0 bridgehead atoms.